The third-order valence-corrected chi connectivity index (χ3v) is 3.21. The fourth-order valence-corrected chi connectivity index (χ4v) is 2.17. The minimum Gasteiger partial charge on any atom is -0.292 e. The number of carbonyl (C=O) groups excluding carboxylic acids is 1. The molecule has 17 heavy (non-hydrogen) atoms. The zero-order valence-electron chi connectivity index (χ0n) is 8.86. The molecule has 0 N–H and O–H groups in total. The summed E-state index contributed by atoms with van der Waals surface area (Å²) in [6, 6.07) is 3.69. The van der Waals surface area contributed by atoms with Crippen molar-refractivity contribution in [3.63, 3.8) is 0 Å². The van der Waals surface area contributed by atoms with E-state index < -0.39 is 0 Å². The van der Waals surface area contributed by atoms with E-state index in [-0.39, 0.29) is 5.78 Å². The molecule has 0 amide bonds. The molecule has 0 spiro atoms. The van der Waals surface area contributed by atoms with E-state index in [4.69, 9.17) is 0 Å². The normalized spacial score (nSPS) is 10.9. The summed E-state index contributed by atoms with van der Waals surface area (Å²) in [5, 5.41) is 12.6. The van der Waals surface area contributed by atoms with Crippen LogP contribution in [0.5, 0.6) is 0 Å². The van der Waals surface area contributed by atoms with Crippen molar-refractivity contribution in [2.24, 2.45) is 0 Å². The molecule has 3 heterocycles. The Kier molecular flexibility index (Phi) is 2.19. The molecule has 0 atom stereocenters. The Labute approximate surface area is 100.0 Å². The van der Waals surface area contributed by atoms with Crippen LogP contribution >= 0.6 is 11.3 Å². The van der Waals surface area contributed by atoms with Gasteiger partial charge in [0.25, 0.3) is 0 Å². The number of pyridine rings is 1. The van der Waals surface area contributed by atoms with Gasteiger partial charge in [-0.1, -0.05) is 11.3 Å². The third-order valence-electron chi connectivity index (χ3n) is 2.21. The molecule has 6 nitrogen and oxygen atoms in total. The molecule has 0 aliphatic carbocycles. The highest BCUT2D eigenvalue weighted by atomic mass is 32.1. The number of fused-ring (bicyclic) bond motifs is 1. The minimum atomic E-state index is -0.0716. The van der Waals surface area contributed by atoms with Crippen molar-refractivity contribution in [1.82, 2.24) is 24.8 Å². The minimum absolute atomic E-state index is 0.0716. The van der Waals surface area contributed by atoms with Crippen molar-refractivity contribution in [3.05, 3.63) is 29.5 Å². The molecule has 0 radical (unpaired) electrons. The Hall–Kier alpha value is -2.15. The summed E-state index contributed by atoms with van der Waals surface area (Å²) in [5.74, 6) is 0.523. The van der Waals surface area contributed by atoms with Gasteiger partial charge in [-0.05, 0) is 12.1 Å². The molecule has 84 valence electrons. The third kappa shape index (κ3) is 1.60. The lowest BCUT2D eigenvalue weighted by Gasteiger charge is -1.94. The van der Waals surface area contributed by atoms with Gasteiger partial charge in [0, 0.05) is 24.9 Å². The van der Waals surface area contributed by atoms with Gasteiger partial charge < -0.3 is 0 Å². The van der Waals surface area contributed by atoms with E-state index in [9.17, 15) is 4.79 Å². The monoisotopic (exact) mass is 245 g/mol. The quantitative estimate of drug-likeness (QED) is 0.639. The van der Waals surface area contributed by atoms with Crippen LogP contribution in [0.15, 0.2) is 24.5 Å². The Bertz CT molecular complexity index is 687. The lowest BCUT2D eigenvalue weighted by Crippen LogP contribution is -1.95. The number of aromatic nitrogens is 5. The van der Waals surface area contributed by atoms with Crippen LogP contribution in [-0.4, -0.2) is 30.6 Å². The molecule has 0 aliphatic rings. The highest BCUT2D eigenvalue weighted by molar-refractivity contribution is 7.18. The van der Waals surface area contributed by atoms with Gasteiger partial charge in [0.1, 0.15) is 0 Å². The maximum atomic E-state index is 11.2. The molecule has 7 heteroatoms. The molecule has 0 fully saturated rings. The van der Waals surface area contributed by atoms with E-state index in [0.717, 1.165) is 5.56 Å². The summed E-state index contributed by atoms with van der Waals surface area (Å²) in [6.07, 6.45) is 3.37. The van der Waals surface area contributed by atoms with E-state index >= 15 is 0 Å². The molecule has 0 bridgehead atoms. The van der Waals surface area contributed by atoms with Crippen molar-refractivity contribution < 1.29 is 4.79 Å². The molecule has 0 saturated heterocycles. The maximum absolute atomic E-state index is 11.2. The van der Waals surface area contributed by atoms with Crippen molar-refractivity contribution >= 4 is 22.1 Å². The van der Waals surface area contributed by atoms with Gasteiger partial charge in [-0.3, -0.25) is 9.78 Å². The lowest BCUT2D eigenvalue weighted by atomic mass is 10.3. The van der Waals surface area contributed by atoms with E-state index in [2.05, 4.69) is 20.3 Å². The molecule has 3 rings (SSSR count). The van der Waals surface area contributed by atoms with Crippen LogP contribution in [-0.2, 0) is 0 Å². The lowest BCUT2D eigenvalue weighted by molar-refractivity contribution is 0.101. The number of hydrogen-bond acceptors (Lipinski definition) is 6. The maximum Gasteiger partial charge on any atom is 0.235 e. The van der Waals surface area contributed by atoms with Crippen molar-refractivity contribution in [1.29, 1.82) is 0 Å². The van der Waals surface area contributed by atoms with Gasteiger partial charge in [-0.15, -0.1) is 15.3 Å². The highest BCUT2D eigenvalue weighted by Gasteiger charge is 2.15. The Morgan fingerprint density at radius 1 is 1.41 bits per heavy atom. The van der Waals surface area contributed by atoms with Crippen LogP contribution < -0.4 is 0 Å². The Balaban J connectivity index is 2.21. The molecule has 0 saturated carbocycles. The average molecular weight is 245 g/mol. The van der Waals surface area contributed by atoms with E-state index in [0.29, 0.717) is 15.8 Å². The van der Waals surface area contributed by atoms with Crippen LogP contribution in [0.2, 0.25) is 0 Å². The van der Waals surface area contributed by atoms with Crippen LogP contribution in [0.1, 0.15) is 16.7 Å². The standard InChI is InChI=1S/C10H7N5OS/c1-6(16)9-14-15-8(12-13-10(15)17-9)7-3-2-4-11-5-7/h2-5H,1H3. The van der Waals surface area contributed by atoms with Gasteiger partial charge >= 0.3 is 0 Å². The van der Waals surface area contributed by atoms with Gasteiger partial charge in [-0.2, -0.15) is 4.52 Å². The summed E-state index contributed by atoms with van der Waals surface area (Å²) in [6.45, 7) is 1.48. The second kappa shape index (κ2) is 3.70. The fourth-order valence-electron chi connectivity index (χ4n) is 1.43. The number of rotatable bonds is 2. The number of hydrogen-bond donors (Lipinski definition) is 0. The average Bonchev–Trinajstić information content (AvgIpc) is 2.89. The SMILES string of the molecule is CC(=O)c1nn2c(-c3cccnc3)nnc2s1. The first-order chi connectivity index (χ1) is 8.25. The van der Waals surface area contributed by atoms with Crippen molar-refractivity contribution in [2.75, 3.05) is 0 Å². The second-order valence-electron chi connectivity index (χ2n) is 3.42. The number of nitrogens with zero attached hydrogens (tertiary/aromatic N) is 5. The number of ketones is 1. The molecule has 0 unspecified atom stereocenters. The molecular formula is C10H7N5OS. The first-order valence-corrected chi connectivity index (χ1v) is 5.71. The summed E-state index contributed by atoms with van der Waals surface area (Å²) >= 11 is 1.23. The molecule has 3 aromatic rings. The van der Waals surface area contributed by atoms with Gasteiger partial charge in [-0.25, -0.2) is 0 Å². The summed E-state index contributed by atoms with van der Waals surface area (Å²) < 4.78 is 1.57. The summed E-state index contributed by atoms with van der Waals surface area (Å²) in [5.41, 5.74) is 0.820. The van der Waals surface area contributed by atoms with Gasteiger partial charge in [0.05, 0.1) is 0 Å². The fraction of sp³-hybridized carbons (Fsp3) is 0.100. The topological polar surface area (TPSA) is 73.0 Å². The van der Waals surface area contributed by atoms with E-state index in [1.165, 1.54) is 18.3 Å². The summed E-state index contributed by atoms with van der Waals surface area (Å²) in [4.78, 5) is 15.9. The first-order valence-electron chi connectivity index (χ1n) is 4.89. The van der Waals surface area contributed by atoms with Gasteiger partial charge in [0.2, 0.25) is 4.96 Å². The summed E-state index contributed by atoms with van der Waals surface area (Å²) in [7, 11) is 0. The van der Waals surface area contributed by atoms with Crippen LogP contribution in [0, 0.1) is 0 Å². The largest absolute Gasteiger partial charge is 0.292 e. The molecule has 0 aliphatic heterocycles. The first kappa shape index (κ1) is 10.0. The van der Waals surface area contributed by atoms with Crippen molar-refractivity contribution in [3.8, 4) is 11.4 Å². The predicted octanol–water partition coefficient (Wildman–Crippen LogP) is 1.45. The van der Waals surface area contributed by atoms with Crippen LogP contribution in [0.4, 0.5) is 0 Å². The Morgan fingerprint density at radius 2 is 2.29 bits per heavy atom. The predicted molar refractivity (Wildman–Crippen MR) is 61.9 cm³/mol. The van der Waals surface area contributed by atoms with Crippen LogP contribution in [0.3, 0.4) is 0 Å². The molecular weight excluding hydrogens is 238 g/mol. The van der Waals surface area contributed by atoms with Crippen LogP contribution in [0.25, 0.3) is 16.3 Å². The van der Waals surface area contributed by atoms with Crippen molar-refractivity contribution in [2.45, 2.75) is 6.92 Å². The number of Topliss-reactive ketones (excluding diaryl/α,β-unsaturated/α-hetero) is 1. The molecule has 3 aromatic heterocycles. The zero-order chi connectivity index (χ0) is 11.8. The molecule has 0 aromatic carbocycles. The van der Waals surface area contributed by atoms with E-state index in [1.54, 1.807) is 16.9 Å². The Morgan fingerprint density at radius 3 is 3.00 bits per heavy atom. The van der Waals surface area contributed by atoms with Gasteiger partial charge in [0.15, 0.2) is 16.6 Å². The number of carbonyl (C=O) groups is 1. The highest BCUT2D eigenvalue weighted by Crippen LogP contribution is 2.20. The smallest absolute Gasteiger partial charge is 0.235 e. The van der Waals surface area contributed by atoms with E-state index in [1.807, 2.05) is 12.1 Å². The second-order valence-corrected chi connectivity index (χ2v) is 4.38. The zero-order valence-corrected chi connectivity index (χ0v) is 9.68.